The number of rotatable bonds is 6. The Bertz CT molecular complexity index is 1040. The Morgan fingerprint density at radius 2 is 1.84 bits per heavy atom. The van der Waals surface area contributed by atoms with Gasteiger partial charge in [0, 0.05) is 25.3 Å². The number of methoxy groups -OCH3 is 2. The zero-order valence-corrected chi connectivity index (χ0v) is 18.3. The maximum absolute atomic E-state index is 12.7. The minimum absolute atomic E-state index is 0.342. The summed E-state index contributed by atoms with van der Waals surface area (Å²) in [6.45, 7) is 2.01. The number of ether oxygens (including phenoxy) is 2. The molecule has 0 fully saturated rings. The van der Waals surface area contributed by atoms with E-state index in [0.717, 1.165) is 25.1 Å². The number of nitrogens with zero attached hydrogens (tertiary/aromatic N) is 1. The van der Waals surface area contributed by atoms with Gasteiger partial charge >= 0.3 is 12.0 Å². The predicted octanol–water partition coefficient (Wildman–Crippen LogP) is 3.27. The van der Waals surface area contributed by atoms with Gasteiger partial charge in [-0.3, -0.25) is 4.90 Å². The molecule has 2 N–H and O–H groups in total. The fourth-order valence-electron chi connectivity index (χ4n) is 4.13. The van der Waals surface area contributed by atoms with Gasteiger partial charge in [-0.15, -0.1) is 0 Å². The molecule has 0 saturated heterocycles. The molecule has 0 saturated carbocycles. The van der Waals surface area contributed by atoms with Gasteiger partial charge in [0.15, 0.2) is 0 Å². The van der Waals surface area contributed by atoms with E-state index in [0.29, 0.717) is 23.6 Å². The van der Waals surface area contributed by atoms with E-state index in [1.807, 2.05) is 30.3 Å². The highest BCUT2D eigenvalue weighted by Crippen LogP contribution is 2.30. The molecule has 0 aliphatic carbocycles. The van der Waals surface area contributed by atoms with E-state index in [-0.39, 0.29) is 6.03 Å². The highest BCUT2D eigenvalue weighted by molar-refractivity contribution is 5.95. The van der Waals surface area contributed by atoms with E-state index in [1.54, 1.807) is 19.2 Å². The van der Waals surface area contributed by atoms with Crippen molar-refractivity contribution in [3.05, 3.63) is 83.1 Å². The van der Waals surface area contributed by atoms with Crippen LogP contribution in [0, 0.1) is 0 Å². The lowest BCUT2D eigenvalue weighted by molar-refractivity contribution is -0.136. The van der Waals surface area contributed by atoms with Crippen LogP contribution in [0.4, 0.5) is 4.79 Å². The van der Waals surface area contributed by atoms with Gasteiger partial charge in [-0.1, -0.05) is 48.5 Å². The van der Waals surface area contributed by atoms with Crippen LogP contribution in [0.2, 0.25) is 0 Å². The molecule has 0 spiro atoms. The van der Waals surface area contributed by atoms with Crippen LogP contribution in [0.25, 0.3) is 5.57 Å². The monoisotopic (exact) mass is 433 g/mol. The highest BCUT2D eigenvalue weighted by atomic mass is 16.5. The molecule has 4 rings (SSSR count). The van der Waals surface area contributed by atoms with Crippen molar-refractivity contribution in [2.75, 3.05) is 33.9 Å². The fraction of sp³-hybridized carbons (Fsp3) is 0.280. The van der Waals surface area contributed by atoms with E-state index < -0.39 is 12.0 Å². The first-order valence-corrected chi connectivity index (χ1v) is 10.6. The second kappa shape index (κ2) is 9.70. The van der Waals surface area contributed by atoms with Crippen molar-refractivity contribution in [3.8, 4) is 5.75 Å². The average Bonchev–Trinajstić information content (AvgIpc) is 2.84. The molecule has 32 heavy (non-hydrogen) atoms. The topological polar surface area (TPSA) is 79.9 Å². The predicted molar refractivity (Wildman–Crippen MR) is 122 cm³/mol. The molecule has 2 aromatic carbocycles. The SMILES string of the molecule is COC(=O)C1=C(CN2CC=C(c3ccccc3)CC2)NC(=O)NC1c1ccc(OC)cc1. The van der Waals surface area contributed by atoms with Crippen LogP contribution in [0.1, 0.15) is 23.6 Å². The summed E-state index contributed by atoms with van der Waals surface area (Å²) in [6.07, 6.45) is 3.11. The Balaban J connectivity index is 1.59. The molecule has 1 unspecified atom stereocenters. The fourth-order valence-corrected chi connectivity index (χ4v) is 4.13. The van der Waals surface area contributed by atoms with E-state index in [2.05, 4.69) is 33.7 Å². The lowest BCUT2D eigenvalue weighted by Gasteiger charge is -2.33. The minimum atomic E-state index is -0.600. The van der Waals surface area contributed by atoms with Crippen LogP contribution in [-0.4, -0.2) is 50.8 Å². The van der Waals surface area contributed by atoms with E-state index in [1.165, 1.54) is 18.2 Å². The third-order valence-corrected chi connectivity index (χ3v) is 5.83. The van der Waals surface area contributed by atoms with Gasteiger partial charge in [-0.25, -0.2) is 9.59 Å². The minimum Gasteiger partial charge on any atom is -0.497 e. The molecular formula is C25H27N3O4. The lowest BCUT2D eigenvalue weighted by Crippen LogP contribution is -2.48. The molecule has 7 nitrogen and oxygen atoms in total. The summed E-state index contributed by atoms with van der Waals surface area (Å²) in [5, 5.41) is 5.69. The number of esters is 1. The second-order valence-electron chi connectivity index (χ2n) is 7.77. The number of amides is 2. The second-order valence-corrected chi connectivity index (χ2v) is 7.77. The molecule has 2 aliphatic heterocycles. The zero-order valence-electron chi connectivity index (χ0n) is 18.3. The van der Waals surface area contributed by atoms with Gasteiger partial charge in [-0.05, 0) is 35.3 Å². The number of urea groups is 1. The Morgan fingerprint density at radius 3 is 2.47 bits per heavy atom. The first-order valence-electron chi connectivity index (χ1n) is 10.6. The summed E-state index contributed by atoms with van der Waals surface area (Å²) in [7, 11) is 2.94. The number of carbonyl (C=O) groups is 2. The van der Waals surface area contributed by atoms with Crippen LogP contribution in [0.15, 0.2) is 71.9 Å². The summed E-state index contributed by atoms with van der Waals surface area (Å²) in [5.41, 5.74) is 4.31. The van der Waals surface area contributed by atoms with Crippen molar-refractivity contribution in [1.29, 1.82) is 0 Å². The average molecular weight is 434 g/mol. The Kier molecular flexibility index (Phi) is 6.56. The third-order valence-electron chi connectivity index (χ3n) is 5.83. The van der Waals surface area contributed by atoms with E-state index >= 15 is 0 Å². The molecule has 0 radical (unpaired) electrons. The van der Waals surface area contributed by atoms with Crippen molar-refractivity contribution in [2.45, 2.75) is 12.5 Å². The standard InChI is InChI=1S/C25H27N3O4/c1-31-20-10-8-19(9-11-20)23-22(24(29)32-2)21(26-25(30)27-23)16-28-14-12-18(13-15-28)17-6-4-3-5-7-17/h3-12,23H,13-16H2,1-2H3,(H2,26,27,30). The molecule has 2 heterocycles. The van der Waals surface area contributed by atoms with E-state index in [4.69, 9.17) is 9.47 Å². The number of hydrogen-bond acceptors (Lipinski definition) is 5. The van der Waals surface area contributed by atoms with Gasteiger partial charge in [0.1, 0.15) is 5.75 Å². The molecule has 2 aromatic rings. The summed E-state index contributed by atoms with van der Waals surface area (Å²) >= 11 is 0. The summed E-state index contributed by atoms with van der Waals surface area (Å²) < 4.78 is 10.3. The molecule has 0 bridgehead atoms. The molecule has 7 heteroatoms. The molecule has 0 aromatic heterocycles. The van der Waals surface area contributed by atoms with Gasteiger partial charge < -0.3 is 20.1 Å². The molecule has 2 aliphatic rings. The lowest BCUT2D eigenvalue weighted by atomic mass is 9.94. The number of carbonyl (C=O) groups excluding carboxylic acids is 2. The molecule has 166 valence electrons. The first-order chi connectivity index (χ1) is 15.6. The van der Waals surface area contributed by atoms with Gasteiger partial charge in [0.05, 0.1) is 25.8 Å². The van der Waals surface area contributed by atoms with Crippen molar-refractivity contribution < 1.29 is 19.1 Å². The third kappa shape index (κ3) is 4.68. The summed E-state index contributed by atoms with van der Waals surface area (Å²) in [5.74, 6) is 0.234. The van der Waals surface area contributed by atoms with Crippen LogP contribution >= 0.6 is 0 Å². The van der Waals surface area contributed by atoms with Gasteiger partial charge in [0.2, 0.25) is 0 Å². The smallest absolute Gasteiger partial charge is 0.338 e. The largest absolute Gasteiger partial charge is 0.497 e. The number of hydrogen-bond donors (Lipinski definition) is 2. The number of benzene rings is 2. The molecule has 1 atom stereocenters. The van der Waals surface area contributed by atoms with Crippen molar-refractivity contribution in [3.63, 3.8) is 0 Å². The quantitative estimate of drug-likeness (QED) is 0.684. The van der Waals surface area contributed by atoms with Crippen LogP contribution in [0.3, 0.4) is 0 Å². The molecule has 2 amide bonds. The Morgan fingerprint density at radius 1 is 1.09 bits per heavy atom. The maximum Gasteiger partial charge on any atom is 0.338 e. The maximum atomic E-state index is 12.7. The van der Waals surface area contributed by atoms with Crippen LogP contribution in [0.5, 0.6) is 5.75 Å². The van der Waals surface area contributed by atoms with Crippen molar-refractivity contribution in [2.24, 2.45) is 0 Å². The summed E-state index contributed by atoms with van der Waals surface area (Å²) in [6, 6.07) is 16.7. The number of nitrogens with one attached hydrogen (secondary N) is 2. The van der Waals surface area contributed by atoms with Gasteiger partial charge in [-0.2, -0.15) is 0 Å². The van der Waals surface area contributed by atoms with Crippen LogP contribution < -0.4 is 15.4 Å². The normalized spacial score (nSPS) is 19.0. The van der Waals surface area contributed by atoms with E-state index in [9.17, 15) is 9.59 Å². The van der Waals surface area contributed by atoms with Gasteiger partial charge in [0.25, 0.3) is 0 Å². The summed E-state index contributed by atoms with van der Waals surface area (Å²) in [4.78, 5) is 27.4. The van der Waals surface area contributed by atoms with Crippen molar-refractivity contribution >= 4 is 17.6 Å². The Labute approximate surface area is 187 Å². The Hall–Kier alpha value is -3.58. The van der Waals surface area contributed by atoms with Crippen LogP contribution in [-0.2, 0) is 9.53 Å². The van der Waals surface area contributed by atoms with Crippen molar-refractivity contribution in [1.82, 2.24) is 15.5 Å². The highest BCUT2D eigenvalue weighted by Gasteiger charge is 2.34. The first kappa shape index (κ1) is 21.6. The molecular weight excluding hydrogens is 406 g/mol. The zero-order chi connectivity index (χ0) is 22.5.